The van der Waals surface area contributed by atoms with Crippen molar-refractivity contribution in [2.24, 2.45) is 0 Å². The molecule has 0 aliphatic carbocycles. The molecule has 2 aliphatic rings. The van der Waals surface area contributed by atoms with Crippen LogP contribution in [0.5, 0.6) is 0 Å². The predicted molar refractivity (Wildman–Crippen MR) is 161 cm³/mol. The van der Waals surface area contributed by atoms with Crippen molar-refractivity contribution in [2.75, 3.05) is 31.5 Å². The molecular formula is C33H31ClF4N4O. The first kappa shape index (κ1) is 29.4. The number of amides is 1. The summed E-state index contributed by atoms with van der Waals surface area (Å²) >= 11 is 6.06. The van der Waals surface area contributed by atoms with Crippen LogP contribution in [0.4, 0.5) is 23.4 Å². The van der Waals surface area contributed by atoms with Gasteiger partial charge >= 0.3 is 6.18 Å². The Labute approximate surface area is 252 Å². The van der Waals surface area contributed by atoms with Gasteiger partial charge in [-0.1, -0.05) is 35.9 Å². The normalized spacial score (nSPS) is 17.6. The number of rotatable bonds is 7. The van der Waals surface area contributed by atoms with Crippen LogP contribution in [0.25, 0.3) is 22.0 Å². The Morgan fingerprint density at radius 3 is 2.37 bits per heavy atom. The van der Waals surface area contributed by atoms with Gasteiger partial charge in [0.2, 0.25) is 0 Å². The highest BCUT2D eigenvalue weighted by Gasteiger charge is 2.33. The van der Waals surface area contributed by atoms with Gasteiger partial charge in [0.05, 0.1) is 21.7 Å². The van der Waals surface area contributed by atoms with Crippen LogP contribution >= 0.6 is 11.6 Å². The highest BCUT2D eigenvalue weighted by molar-refractivity contribution is 6.31. The SMILES string of the molecule is O=C(c1cc(NCc2ccc(C(F)(F)F)cc2)nc2ccc(-c3ccc(F)c(Cl)c3)cc12)N1CCC[C@H]1CN1CCCC1. The van der Waals surface area contributed by atoms with Crippen LogP contribution in [0.15, 0.2) is 66.7 Å². The van der Waals surface area contributed by atoms with Gasteiger partial charge in [0.1, 0.15) is 11.6 Å². The van der Waals surface area contributed by atoms with E-state index in [9.17, 15) is 22.4 Å². The first-order valence-electron chi connectivity index (χ1n) is 14.5. The fourth-order valence-corrected chi connectivity index (χ4v) is 6.24. The summed E-state index contributed by atoms with van der Waals surface area (Å²) in [7, 11) is 0. The van der Waals surface area contributed by atoms with Gasteiger partial charge in [0.15, 0.2) is 0 Å². The molecule has 3 aromatic carbocycles. The molecule has 2 saturated heterocycles. The monoisotopic (exact) mass is 610 g/mol. The van der Waals surface area contributed by atoms with Crippen molar-refractivity contribution < 1.29 is 22.4 Å². The molecule has 5 nitrogen and oxygen atoms in total. The number of benzene rings is 3. The van der Waals surface area contributed by atoms with Gasteiger partial charge in [-0.25, -0.2) is 9.37 Å². The Morgan fingerprint density at radius 1 is 0.930 bits per heavy atom. The Hall–Kier alpha value is -3.69. The Kier molecular flexibility index (Phi) is 8.29. The van der Waals surface area contributed by atoms with Crippen LogP contribution < -0.4 is 5.32 Å². The van der Waals surface area contributed by atoms with Crippen LogP contribution in [-0.2, 0) is 12.7 Å². The number of alkyl halides is 3. The van der Waals surface area contributed by atoms with Gasteiger partial charge < -0.3 is 15.1 Å². The van der Waals surface area contributed by atoms with Crippen LogP contribution in [0.2, 0.25) is 5.02 Å². The van der Waals surface area contributed by atoms with Crippen molar-refractivity contribution in [1.82, 2.24) is 14.8 Å². The number of likely N-dealkylation sites (tertiary alicyclic amines) is 2. The zero-order chi connectivity index (χ0) is 30.1. The highest BCUT2D eigenvalue weighted by atomic mass is 35.5. The summed E-state index contributed by atoms with van der Waals surface area (Å²) in [4.78, 5) is 23.3. The van der Waals surface area contributed by atoms with E-state index in [-0.39, 0.29) is 23.5 Å². The molecule has 1 aromatic heterocycles. The van der Waals surface area contributed by atoms with Gasteiger partial charge in [-0.3, -0.25) is 4.79 Å². The predicted octanol–water partition coefficient (Wildman–Crippen LogP) is 8.03. The van der Waals surface area contributed by atoms with E-state index in [2.05, 4.69) is 10.2 Å². The third kappa shape index (κ3) is 6.48. The minimum Gasteiger partial charge on any atom is -0.366 e. The number of hydrogen-bond donors (Lipinski definition) is 1. The molecule has 0 saturated carbocycles. The van der Waals surface area contributed by atoms with Gasteiger partial charge in [-0.2, -0.15) is 13.2 Å². The molecule has 0 spiro atoms. The molecule has 1 amide bonds. The minimum absolute atomic E-state index is 0.0108. The second-order valence-corrected chi connectivity index (χ2v) is 11.7. The third-order valence-electron chi connectivity index (χ3n) is 8.35. The molecule has 10 heteroatoms. The average Bonchev–Trinajstić information content (AvgIpc) is 3.69. The van der Waals surface area contributed by atoms with Crippen molar-refractivity contribution in [3.63, 3.8) is 0 Å². The number of pyridine rings is 1. The molecule has 4 aromatic rings. The number of nitrogens with zero attached hydrogens (tertiary/aromatic N) is 3. The zero-order valence-corrected chi connectivity index (χ0v) is 24.2. The Bertz CT molecular complexity index is 1640. The van der Waals surface area contributed by atoms with Crippen LogP contribution in [0.3, 0.4) is 0 Å². The second kappa shape index (κ2) is 12.1. The number of carbonyl (C=O) groups excluding carboxylic acids is 1. The van der Waals surface area contributed by atoms with Crippen molar-refractivity contribution in [3.8, 4) is 11.1 Å². The summed E-state index contributed by atoms with van der Waals surface area (Å²) in [6.45, 7) is 3.87. The van der Waals surface area contributed by atoms with Crippen LogP contribution in [0.1, 0.15) is 47.2 Å². The number of aromatic nitrogens is 1. The van der Waals surface area contributed by atoms with E-state index >= 15 is 0 Å². The zero-order valence-electron chi connectivity index (χ0n) is 23.4. The van der Waals surface area contributed by atoms with E-state index in [1.54, 1.807) is 18.2 Å². The van der Waals surface area contributed by atoms with Crippen molar-refractivity contribution in [1.29, 1.82) is 0 Å². The van der Waals surface area contributed by atoms with Gasteiger partial charge in [-0.15, -0.1) is 0 Å². The molecule has 43 heavy (non-hydrogen) atoms. The minimum atomic E-state index is -4.40. The van der Waals surface area contributed by atoms with Crippen molar-refractivity contribution >= 4 is 34.2 Å². The summed E-state index contributed by atoms with van der Waals surface area (Å²) < 4.78 is 52.8. The van der Waals surface area contributed by atoms with E-state index in [0.29, 0.717) is 40.0 Å². The fraction of sp³-hybridized carbons (Fsp3) is 0.333. The van der Waals surface area contributed by atoms with E-state index in [1.807, 2.05) is 23.1 Å². The first-order valence-corrected chi connectivity index (χ1v) is 14.9. The lowest BCUT2D eigenvalue weighted by molar-refractivity contribution is -0.137. The van der Waals surface area contributed by atoms with E-state index in [1.165, 1.54) is 31.0 Å². The standard InChI is InChI=1S/C33H31ClF4N4O/c34-28-17-23(7-11-29(28)35)22-8-12-30-26(16-22)27(32(43)42-15-3-4-25(42)20-41-13-1-2-14-41)18-31(40-30)39-19-21-5-9-24(10-6-21)33(36,37)38/h5-12,16-18,25H,1-4,13-15,19-20H2,(H,39,40)/t25-/m0/s1. The van der Waals surface area contributed by atoms with Gasteiger partial charge in [0.25, 0.3) is 5.91 Å². The first-order chi connectivity index (χ1) is 20.7. The average molecular weight is 611 g/mol. The fourth-order valence-electron chi connectivity index (χ4n) is 6.06. The maximum atomic E-state index is 14.2. The smallest absolute Gasteiger partial charge is 0.366 e. The van der Waals surface area contributed by atoms with Gasteiger partial charge in [0, 0.05) is 31.1 Å². The maximum Gasteiger partial charge on any atom is 0.416 e. The lowest BCUT2D eigenvalue weighted by Gasteiger charge is -2.29. The molecule has 2 fully saturated rings. The molecule has 0 radical (unpaired) electrons. The lowest BCUT2D eigenvalue weighted by Crippen LogP contribution is -2.42. The van der Waals surface area contributed by atoms with Crippen molar-refractivity contribution in [3.05, 3.63) is 94.3 Å². The second-order valence-electron chi connectivity index (χ2n) is 11.3. The van der Waals surface area contributed by atoms with Crippen LogP contribution in [0, 0.1) is 5.82 Å². The molecule has 6 rings (SSSR count). The summed E-state index contributed by atoms with van der Waals surface area (Å²) in [5.41, 5.74) is 2.50. The highest BCUT2D eigenvalue weighted by Crippen LogP contribution is 2.33. The molecule has 2 aliphatic heterocycles. The third-order valence-corrected chi connectivity index (χ3v) is 8.64. The van der Waals surface area contributed by atoms with E-state index in [4.69, 9.17) is 16.6 Å². The number of hydrogen-bond acceptors (Lipinski definition) is 4. The topological polar surface area (TPSA) is 48.5 Å². The summed E-state index contributed by atoms with van der Waals surface area (Å²) in [5, 5.41) is 3.87. The number of anilines is 1. The number of carbonyl (C=O) groups is 1. The summed E-state index contributed by atoms with van der Waals surface area (Å²) in [6.07, 6.45) is -0.156. The van der Waals surface area contributed by atoms with Crippen molar-refractivity contribution in [2.45, 2.75) is 44.4 Å². The van der Waals surface area contributed by atoms with Crippen LogP contribution in [-0.4, -0.2) is 52.9 Å². The molecule has 3 heterocycles. The van der Waals surface area contributed by atoms with E-state index < -0.39 is 17.6 Å². The molecule has 0 bridgehead atoms. The molecule has 224 valence electrons. The van der Waals surface area contributed by atoms with E-state index in [0.717, 1.165) is 50.2 Å². The summed E-state index contributed by atoms with van der Waals surface area (Å²) in [5.74, 6) is -0.143. The molecular weight excluding hydrogens is 580 g/mol. The number of fused-ring (bicyclic) bond motifs is 1. The molecule has 1 N–H and O–H groups in total. The Balaban J connectivity index is 1.34. The maximum absolute atomic E-state index is 14.2. The van der Waals surface area contributed by atoms with Gasteiger partial charge in [-0.05, 0) is 97.9 Å². The molecule has 1 atom stereocenters. The Morgan fingerprint density at radius 2 is 1.65 bits per heavy atom. The lowest BCUT2D eigenvalue weighted by atomic mass is 9.99. The quantitative estimate of drug-likeness (QED) is 0.215. The number of halogens is 5. The largest absolute Gasteiger partial charge is 0.416 e. The molecule has 0 unspecified atom stereocenters. The number of nitrogens with one attached hydrogen (secondary N) is 1. The summed E-state index contributed by atoms with van der Waals surface area (Å²) in [6, 6.07) is 16.9.